The van der Waals surface area contributed by atoms with Crippen LogP contribution < -0.4 is 19.1 Å². The molecule has 0 aromatic heterocycles. The van der Waals surface area contributed by atoms with Gasteiger partial charge in [0.05, 0.1) is 18.0 Å². The van der Waals surface area contributed by atoms with Gasteiger partial charge in [-0.1, -0.05) is 17.7 Å². The number of anilines is 2. The monoisotopic (exact) mass is 438 g/mol. The normalized spacial score (nSPS) is 16.6. The van der Waals surface area contributed by atoms with E-state index in [2.05, 4.69) is 5.32 Å². The van der Waals surface area contributed by atoms with Crippen molar-refractivity contribution in [3.63, 3.8) is 0 Å². The highest BCUT2D eigenvalue weighted by Crippen LogP contribution is 2.36. The summed E-state index contributed by atoms with van der Waals surface area (Å²) in [4.78, 5) is 12.8. The summed E-state index contributed by atoms with van der Waals surface area (Å²) in [6.07, 6.45) is 0.443. The molecule has 9 heteroatoms. The number of nitrogens with zero attached hydrogens (tertiary/aromatic N) is 1. The van der Waals surface area contributed by atoms with E-state index in [1.165, 1.54) is 10.4 Å². The minimum atomic E-state index is -3.56. The molecule has 1 amide bonds. The maximum absolute atomic E-state index is 12.8. The van der Waals surface area contributed by atoms with Crippen LogP contribution >= 0.6 is 11.6 Å². The van der Waals surface area contributed by atoms with Crippen molar-refractivity contribution in [2.45, 2.75) is 32.5 Å². The molecule has 1 N–H and O–H groups in total. The number of halogens is 1. The fourth-order valence-electron chi connectivity index (χ4n) is 3.02. The highest BCUT2D eigenvalue weighted by molar-refractivity contribution is 7.92. The average Bonchev–Trinajstić information content (AvgIpc) is 2.80. The first-order valence-corrected chi connectivity index (χ1v) is 11.4. The van der Waals surface area contributed by atoms with Gasteiger partial charge in [0.1, 0.15) is 11.5 Å². The highest BCUT2D eigenvalue weighted by atomic mass is 35.5. The number of ether oxygens (including phenoxy) is 2. The number of rotatable bonds is 5. The zero-order chi connectivity index (χ0) is 21.2. The van der Waals surface area contributed by atoms with E-state index in [-0.39, 0.29) is 30.7 Å². The van der Waals surface area contributed by atoms with E-state index in [0.29, 0.717) is 22.1 Å². The number of hydrogen-bond donors (Lipinski definition) is 1. The standard InChI is InChI=1S/C20H23ClN2O5S/c1-13(2)27-16-6-4-5-15(12-16)22-20(24)19-9-10-23(29(3,25)26)17-11-14(21)7-8-18(17)28-19/h4-8,11-13,19H,9-10H2,1-3H3,(H,22,24)/t19-/m1/s1. The first-order valence-electron chi connectivity index (χ1n) is 9.15. The first kappa shape index (κ1) is 21.3. The summed E-state index contributed by atoms with van der Waals surface area (Å²) < 4.78 is 37.1. The predicted molar refractivity (Wildman–Crippen MR) is 114 cm³/mol. The zero-order valence-corrected chi connectivity index (χ0v) is 18.0. The van der Waals surface area contributed by atoms with Crippen LogP contribution in [0.25, 0.3) is 0 Å². The summed E-state index contributed by atoms with van der Waals surface area (Å²) in [6, 6.07) is 11.7. The minimum Gasteiger partial charge on any atom is -0.491 e. The lowest BCUT2D eigenvalue weighted by Gasteiger charge is -2.21. The van der Waals surface area contributed by atoms with Crippen LogP contribution in [0.5, 0.6) is 11.5 Å². The topological polar surface area (TPSA) is 84.9 Å². The van der Waals surface area contributed by atoms with Crippen molar-refractivity contribution in [1.82, 2.24) is 0 Å². The molecule has 0 unspecified atom stereocenters. The van der Waals surface area contributed by atoms with Gasteiger partial charge in [0.2, 0.25) is 10.0 Å². The fraction of sp³-hybridized carbons (Fsp3) is 0.350. The Morgan fingerprint density at radius 1 is 1.28 bits per heavy atom. The van der Waals surface area contributed by atoms with E-state index in [1.807, 2.05) is 19.9 Å². The molecule has 29 heavy (non-hydrogen) atoms. The van der Waals surface area contributed by atoms with Crippen molar-refractivity contribution in [2.75, 3.05) is 22.4 Å². The van der Waals surface area contributed by atoms with Gasteiger partial charge in [0.15, 0.2) is 6.10 Å². The Bertz CT molecular complexity index is 1010. The van der Waals surface area contributed by atoms with Gasteiger partial charge in [-0.05, 0) is 44.2 Å². The lowest BCUT2D eigenvalue weighted by molar-refractivity contribution is -0.122. The molecule has 2 aromatic rings. The number of hydrogen-bond acceptors (Lipinski definition) is 5. The maximum Gasteiger partial charge on any atom is 0.265 e. The Hall–Kier alpha value is -2.45. The second kappa shape index (κ2) is 8.51. The van der Waals surface area contributed by atoms with E-state index in [0.717, 1.165) is 6.26 Å². The zero-order valence-electron chi connectivity index (χ0n) is 16.4. The SMILES string of the molecule is CC(C)Oc1cccc(NC(=O)[C@H]2CCN(S(C)(=O)=O)c3cc(Cl)ccc3O2)c1. The second-order valence-electron chi connectivity index (χ2n) is 7.03. The molecular weight excluding hydrogens is 416 g/mol. The van der Waals surface area contributed by atoms with Gasteiger partial charge >= 0.3 is 0 Å². The third-order valence-electron chi connectivity index (χ3n) is 4.22. The number of carbonyl (C=O) groups is 1. The quantitative estimate of drug-likeness (QED) is 0.769. The second-order valence-corrected chi connectivity index (χ2v) is 9.37. The molecule has 0 saturated carbocycles. The Labute approximate surface area is 175 Å². The number of sulfonamides is 1. The van der Waals surface area contributed by atoms with Crippen molar-refractivity contribution >= 4 is 38.9 Å². The van der Waals surface area contributed by atoms with Crippen LogP contribution in [0.15, 0.2) is 42.5 Å². The van der Waals surface area contributed by atoms with Crippen LogP contribution in [0.3, 0.4) is 0 Å². The summed E-state index contributed by atoms with van der Waals surface area (Å²) >= 11 is 6.03. The number of carbonyl (C=O) groups excluding carboxylic acids is 1. The van der Waals surface area contributed by atoms with Crippen LogP contribution in [-0.4, -0.2) is 39.3 Å². The Kier molecular flexibility index (Phi) is 6.24. The molecule has 1 aliphatic heterocycles. The summed E-state index contributed by atoms with van der Waals surface area (Å²) in [5, 5.41) is 3.19. The van der Waals surface area contributed by atoms with Crippen molar-refractivity contribution in [1.29, 1.82) is 0 Å². The van der Waals surface area contributed by atoms with Gasteiger partial charge in [0, 0.05) is 29.7 Å². The van der Waals surface area contributed by atoms with Gasteiger partial charge in [-0.25, -0.2) is 8.42 Å². The summed E-state index contributed by atoms with van der Waals surface area (Å²) in [5.41, 5.74) is 0.889. The van der Waals surface area contributed by atoms with Crippen molar-refractivity contribution in [2.24, 2.45) is 0 Å². The Morgan fingerprint density at radius 3 is 2.72 bits per heavy atom. The van der Waals surface area contributed by atoms with Crippen molar-refractivity contribution in [3.8, 4) is 11.5 Å². The molecule has 0 aliphatic carbocycles. The molecule has 0 spiro atoms. The van der Waals surface area contributed by atoms with Crippen molar-refractivity contribution in [3.05, 3.63) is 47.5 Å². The molecule has 1 heterocycles. The lowest BCUT2D eigenvalue weighted by Crippen LogP contribution is -2.35. The number of nitrogens with one attached hydrogen (secondary N) is 1. The van der Waals surface area contributed by atoms with Gasteiger partial charge in [-0.2, -0.15) is 0 Å². The van der Waals surface area contributed by atoms with Crippen LogP contribution in [0.2, 0.25) is 5.02 Å². The predicted octanol–water partition coefficient (Wildman–Crippen LogP) is 3.68. The smallest absolute Gasteiger partial charge is 0.265 e. The number of amides is 1. The van der Waals surface area contributed by atoms with Gasteiger partial charge in [0.25, 0.3) is 5.91 Å². The molecular formula is C20H23ClN2O5S. The Morgan fingerprint density at radius 2 is 2.03 bits per heavy atom. The molecule has 7 nitrogen and oxygen atoms in total. The Balaban J connectivity index is 1.82. The molecule has 0 bridgehead atoms. The summed E-state index contributed by atoms with van der Waals surface area (Å²) in [7, 11) is -3.56. The van der Waals surface area contributed by atoms with E-state index >= 15 is 0 Å². The summed E-state index contributed by atoms with van der Waals surface area (Å²) in [5.74, 6) is 0.556. The molecule has 156 valence electrons. The van der Waals surface area contributed by atoms with E-state index < -0.39 is 16.1 Å². The van der Waals surface area contributed by atoms with Crippen LogP contribution in [0.1, 0.15) is 20.3 Å². The van der Waals surface area contributed by atoms with Gasteiger partial charge < -0.3 is 14.8 Å². The molecule has 0 fully saturated rings. The van der Waals surface area contributed by atoms with Crippen LogP contribution in [0.4, 0.5) is 11.4 Å². The largest absolute Gasteiger partial charge is 0.491 e. The molecule has 3 rings (SSSR count). The van der Waals surface area contributed by atoms with Crippen LogP contribution in [-0.2, 0) is 14.8 Å². The van der Waals surface area contributed by atoms with E-state index in [9.17, 15) is 13.2 Å². The molecule has 0 radical (unpaired) electrons. The molecule has 2 aromatic carbocycles. The highest BCUT2D eigenvalue weighted by Gasteiger charge is 2.31. The first-order chi connectivity index (χ1) is 13.6. The van der Waals surface area contributed by atoms with Gasteiger partial charge in [-0.15, -0.1) is 0 Å². The van der Waals surface area contributed by atoms with Gasteiger partial charge in [-0.3, -0.25) is 9.10 Å². The minimum absolute atomic E-state index is 0.0106. The number of fused-ring (bicyclic) bond motifs is 1. The van der Waals surface area contributed by atoms with E-state index in [1.54, 1.807) is 30.3 Å². The maximum atomic E-state index is 12.8. The average molecular weight is 439 g/mol. The third kappa shape index (κ3) is 5.33. The molecule has 0 saturated heterocycles. The molecule has 1 aliphatic rings. The van der Waals surface area contributed by atoms with E-state index in [4.69, 9.17) is 21.1 Å². The lowest BCUT2D eigenvalue weighted by atomic mass is 10.2. The molecule has 1 atom stereocenters. The third-order valence-corrected chi connectivity index (χ3v) is 5.63. The van der Waals surface area contributed by atoms with Crippen LogP contribution in [0, 0.1) is 0 Å². The fourth-order valence-corrected chi connectivity index (χ4v) is 4.13. The van der Waals surface area contributed by atoms with Crippen molar-refractivity contribution < 1.29 is 22.7 Å². The number of benzene rings is 2. The summed E-state index contributed by atoms with van der Waals surface area (Å²) in [6.45, 7) is 3.93.